The van der Waals surface area contributed by atoms with E-state index in [9.17, 15) is 10.4 Å². The van der Waals surface area contributed by atoms with Gasteiger partial charge in [-0.1, -0.05) is 15.9 Å². The van der Waals surface area contributed by atoms with Crippen LogP contribution in [0.2, 0.25) is 0 Å². The molecule has 0 bridgehead atoms. The summed E-state index contributed by atoms with van der Waals surface area (Å²) in [6, 6.07) is 0. The number of hydrazine groups is 1. The maximum Gasteiger partial charge on any atom is 0.162 e. The van der Waals surface area contributed by atoms with Crippen LogP contribution in [0.5, 0.6) is 0 Å². The second kappa shape index (κ2) is 6.05. The van der Waals surface area contributed by atoms with E-state index in [2.05, 4.69) is 15.9 Å². The third-order valence-electron chi connectivity index (χ3n) is 1.44. The molecule has 72 valence electrons. The van der Waals surface area contributed by atoms with E-state index in [1.165, 1.54) is 5.01 Å². The monoisotopic (exact) mass is 239 g/mol. The first kappa shape index (κ1) is 11.5. The Labute approximate surface area is 80.5 Å². The minimum Gasteiger partial charge on any atom is -0.663 e. The predicted octanol–water partition coefficient (Wildman–Crippen LogP) is 1.11. The van der Waals surface area contributed by atoms with Gasteiger partial charge in [-0.15, -0.1) is 0 Å². The zero-order chi connectivity index (χ0) is 9.56. The number of hydrogen-bond donors (Lipinski definition) is 0. The molecule has 0 spiro atoms. The van der Waals surface area contributed by atoms with Crippen molar-refractivity contribution >= 4 is 15.9 Å². The summed E-state index contributed by atoms with van der Waals surface area (Å²) >= 11 is 3.09. The molecule has 0 saturated carbocycles. The Balaban J connectivity index is 4.28. The van der Waals surface area contributed by atoms with Crippen molar-refractivity contribution in [3.05, 3.63) is 10.4 Å². The molecule has 0 aromatic carbocycles. The molecule has 0 aliphatic rings. The van der Waals surface area contributed by atoms with Gasteiger partial charge in [-0.3, -0.25) is 0 Å². The average molecular weight is 240 g/mol. The fraction of sp³-hybridized carbons (Fsp3) is 1.00. The summed E-state index contributed by atoms with van der Waals surface area (Å²) in [7, 11) is 0. The van der Waals surface area contributed by atoms with Crippen molar-refractivity contribution < 1.29 is 9.83 Å². The third kappa shape index (κ3) is 3.25. The molecule has 6 heteroatoms. The van der Waals surface area contributed by atoms with Gasteiger partial charge in [0.1, 0.15) is 13.1 Å². The molecule has 12 heavy (non-hydrogen) atoms. The highest BCUT2D eigenvalue weighted by Gasteiger charge is 2.15. The van der Waals surface area contributed by atoms with Crippen molar-refractivity contribution in [1.29, 1.82) is 0 Å². The molecule has 0 radical (unpaired) electrons. The molecule has 0 saturated heterocycles. The Morgan fingerprint density at radius 3 is 2.08 bits per heavy atom. The van der Waals surface area contributed by atoms with Gasteiger partial charge in [0.2, 0.25) is 0 Å². The summed E-state index contributed by atoms with van der Waals surface area (Å²) in [5.74, 6) is 0. The van der Waals surface area contributed by atoms with Gasteiger partial charge in [0.25, 0.3) is 0 Å². The van der Waals surface area contributed by atoms with Crippen LogP contribution in [0.1, 0.15) is 13.8 Å². The molecule has 0 rings (SSSR count). The standard InChI is InChI=1S/C6H14BrN3O2/c1-3-8(4-2)10(12)9(11)6-5-7/h3-6H2,1-2H3/b10-9+. The molecule has 0 amide bonds. The van der Waals surface area contributed by atoms with Crippen molar-refractivity contribution in [2.45, 2.75) is 13.8 Å². The lowest BCUT2D eigenvalue weighted by Gasteiger charge is -2.12. The summed E-state index contributed by atoms with van der Waals surface area (Å²) in [6.45, 7) is 4.91. The summed E-state index contributed by atoms with van der Waals surface area (Å²) in [4.78, 5) is 0.753. The van der Waals surface area contributed by atoms with Crippen LogP contribution in [0, 0.1) is 10.4 Å². The van der Waals surface area contributed by atoms with Crippen LogP contribution in [0.15, 0.2) is 0 Å². The van der Waals surface area contributed by atoms with Crippen LogP contribution < -0.4 is 0 Å². The van der Waals surface area contributed by atoms with E-state index < -0.39 is 0 Å². The zero-order valence-electron chi connectivity index (χ0n) is 7.36. The Bertz CT molecular complexity index is 159. The quantitative estimate of drug-likeness (QED) is 0.313. The summed E-state index contributed by atoms with van der Waals surface area (Å²) in [5, 5.41) is 24.0. The first-order chi connectivity index (χ1) is 5.67. The predicted molar refractivity (Wildman–Crippen MR) is 48.8 cm³/mol. The van der Waals surface area contributed by atoms with Gasteiger partial charge < -0.3 is 10.4 Å². The lowest BCUT2D eigenvalue weighted by Crippen LogP contribution is -2.36. The topological polar surface area (TPSA) is 55.4 Å². The van der Waals surface area contributed by atoms with E-state index in [4.69, 9.17) is 0 Å². The summed E-state index contributed by atoms with van der Waals surface area (Å²) < 4.78 is 0. The highest BCUT2D eigenvalue weighted by atomic mass is 79.9. The number of nitrogens with zero attached hydrogens (tertiary/aromatic N) is 3. The molecule has 0 aliphatic heterocycles. The van der Waals surface area contributed by atoms with Crippen molar-refractivity contribution in [2.24, 2.45) is 0 Å². The van der Waals surface area contributed by atoms with E-state index >= 15 is 0 Å². The van der Waals surface area contributed by atoms with Gasteiger partial charge >= 0.3 is 0 Å². The molecule has 0 heterocycles. The van der Waals surface area contributed by atoms with E-state index in [1.54, 1.807) is 0 Å². The number of hydrogen-bond acceptors (Lipinski definition) is 2. The lowest BCUT2D eigenvalue weighted by molar-refractivity contribution is -1.04. The first-order valence-corrected chi connectivity index (χ1v) is 5.02. The fourth-order valence-electron chi connectivity index (χ4n) is 0.764. The van der Waals surface area contributed by atoms with Crippen molar-refractivity contribution in [3.63, 3.8) is 0 Å². The molecule has 0 unspecified atom stereocenters. The normalized spacial score (nSPS) is 12.6. The minimum atomic E-state index is 0.167. The van der Waals surface area contributed by atoms with Crippen LogP contribution in [-0.4, -0.2) is 39.8 Å². The largest absolute Gasteiger partial charge is 0.663 e. The molecule has 0 fully saturated rings. The van der Waals surface area contributed by atoms with Crippen LogP contribution in [0.4, 0.5) is 0 Å². The van der Waals surface area contributed by atoms with E-state index in [1.807, 2.05) is 13.8 Å². The highest BCUT2D eigenvalue weighted by Crippen LogP contribution is 1.90. The molecule has 0 atom stereocenters. The highest BCUT2D eigenvalue weighted by molar-refractivity contribution is 9.09. The molecule has 0 aliphatic carbocycles. The van der Waals surface area contributed by atoms with Gasteiger partial charge in [-0.25, -0.2) is 0 Å². The van der Waals surface area contributed by atoms with Crippen LogP contribution in [-0.2, 0) is 0 Å². The number of rotatable bonds is 5. The van der Waals surface area contributed by atoms with Crippen LogP contribution in [0.25, 0.3) is 0 Å². The third-order valence-corrected chi connectivity index (χ3v) is 1.79. The van der Waals surface area contributed by atoms with Crippen LogP contribution >= 0.6 is 15.9 Å². The van der Waals surface area contributed by atoms with E-state index in [-0.39, 0.29) is 6.54 Å². The number of alkyl halides is 1. The van der Waals surface area contributed by atoms with Gasteiger partial charge in [0, 0.05) is 5.33 Å². The smallest absolute Gasteiger partial charge is 0.162 e. The second-order valence-corrected chi connectivity index (χ2v) is 2.95. The van der Waals surface area contributed by atoms with Gasteiger partial charge in [-0.05, 0) is 23.7 Å². The Kier molecular flexibility index (Phi) is 5.79. The van der Waals surface area contributed by atoms with E-state index in [0.717, 1.165) is 0 Å². The molecule has 5 nitrogen and oxygen atoms in total. The second-order valence-electron chi connectivity index (χ2n) is 2.16. The zero-order valence-corrected chi connectivity index (χ0v) is 8.95. The Morgan fingerprint density at radius 2 is 1.75 bits per heavy atom. The molecule has 0 aromatic heterocycles. The maximum atomic E-state index is 11.1. The fourth-order valence-corrected chi connectivity index (χ4v) is 1.07. The Morgan fingerprint density at radius 1 is 1.25 bits per heavy atom. The van der Waals surface area contributed by atoms with Crippen molar-refractivity contribution in [3.8, 4) is 0 Å². The number of halogens is 1. The summed E-state index contributed by atoms with van der Waals surface area (Å²) in [6.07, 6.45) is 0. The van der Waals surface area contributed by atoms with Crippen LogP contribution in [0.3, 0.4) is 0 Å². The molecule has 0 N–H and O–H groups in total. The molecule has 0 aromatic rings. The van der Waals surface area contributed by atoms with E-state index in [0.29, 0.717) is 28.2 Å². The average Bonchev–Trinajstić information content (AvgIpc) is 2.07. The minimum absolute atomic E-state index is 0.167. The maximum absolute atomic E-state index is 11.1. The Hall–Kier alpha value is -0.520. The van der Waals surface area contributed by atoms with Gasteiger partial charge in [0.15, 0.2) is 11.5 Å². The first-order valence-electron chi connectivity index (χ1n) is 3.90. The van der Waals surface area contributed by atoms with Crippen molar-refractivity contribution in [1.82, 2.24) is 5.01 Å². The lowest BCUT2D eigenvalue weighted by atomic mass is 10.6. The SMILES string of the molecule is CCN(CC)/[N+]([O-])=[N+](\[O-])CCBr. The molecular formula is C6H14BrN3O2. The van der Waals surface area contributed by atoms with Crippen molar-refractivity contribution in [2.75, 3.05) is 25.0 Å². The summed E-state index contributed by atoms with van der Waals surface area (Å²) in [5.41, 5.74) is 0. The van der Waals surface area contributed by atoms with Gasteiger partial charge in [-0.2, -0.15) is 0 Å². The molecular weight excluding hydrogens is 226 g/mol. The number of hydroxylamine groups is 1. The van der Waals surface area contributed by atoms with Gasteiger partial charge in [0.05, 0.1) is 0 Å².